The SMILES string of the molecule is Cc1ccc(-n2c(=O)n(C)c(=O)c3cc(C(=O)Nc4ccc5c(c4)OCO5)cnc32)cc1. The van der Waals surface area contributed by atoms with Crippen molar-refractivity contribution in [2.45, 2.75) is 6.92 Å². The Morgan fingerprint density at radius 3 is 2.56 bits per heavy atom. The molecule has 2 aromatic carbocycles. The van der Waals surface area contributed by atoms with E-state index in [0.29, 0.717) is 22.9 Å². The number of pyridine rings is 1. The van der Waals surface area contributed by atoms with Gasteiger partial charge in [0.05, 0.1) is 16.6 Å². The standard InChI is InChI=1S/C23H18N4O5/c1-13-3-6-16(7-4-13)27-20-17(22(29)26(2)23(27)30)9-14(11-24-20)21(28)25-15-5-8-18-19(10-15)32-12-31-18/h3-11H,12H2,1-2H3,(H,25,28). The van der Waals surface area contributed by atoms with Crippen LogP contribution in [0.5, 0.6) is 11.5 Å². The number of aromatic nitrogens is 3. The van der Waals surface area contributed by atoms with E-state index in [1.54, 1.807) is 30.3 Å². The maximum atomic E-state index is 12.8. The Balaban J connectivity index is 1.58. The third kappa shape index (κ3) is 3.20. The van der Waals surface area contributed by atoms with E-state index in [9.17, 15) is 14.4 Å². The van der Waals surface area contributed by atoms with Crippen molar-refractivity contribution in [2.75, 3.05) is 12.1 Å². The number of benzene rings is 2. The van der Waals surface area contributed by atoms with Gasteiger partial charge in [-0.1, -0.05) is 17.7 Å². The molecule has 3 heterocycles. The van der Waals surface area contributed by atoms with E-state index in [4.69, 9.17) is 9.47 Å². The van der Waals surface area contributed by atoms with Gasteiger partial charge in [-0.05, 0) is 37.3 Å². The Labute approximate surface area is 181 Å². The molecule has 4 aromatic rings. The minimum absolute atomic E-state index is 0.132. The third-order valence-corrected chi connectivity index (χ3v) is 5.28. The lowest BCUT2D eigenvalue weighted by atomic mass is 10.2. The quantitative estimate of drug-likeness (QED) is 0.535. The smallest absolute Gasteiger partial charge is 0.337 e. The Bertz CT molecular complexity index is 1500. The van der Waals surface area contributed by atoms with Gasteiger partial charge in [0, 0.05) is 25.0 Å². The molecule has 0 atom stereocenters. The fraction of sp³-hybridized carbons (Fsp3) is 0.130. The summed E-state index contributed by atoms with van der Waals surface area (Å²) in [6, 6.07) is 13.8. The number of aryl methyl sites for hydroxylation is 1. The zero-order valence-corrected chi connectivity index (χ0v) is 17.3. The lowest BCUT2D eigenvalue weighted by Crippen LogP contribution is -2.38. The van der Waals surface area contributed by atoms with Crippen LogP contribution in [0.4, 0.5) is 5.69 Å². The fourth-order valence-corrected chi connectivity index (χ4v) is 3.53. The highest BCUT2D eigenvalue weighted by molar-refractivity contribution is 6.05. The number of carbonyl (C=O) groups excluding carboxylic acids is 1. The minimum Gasteiger partial charge on any atom is -0.454 e. The molecular weight excluding hydrogens is 412 g/mol. The molecule has 9 heteroatoms. The van der Waals surface area contributed by atoms with E-state index in [1.165, 1.54) is 23.9 Å². The molecule has 1 aliphatic rings. The van der Waals surface area contributed by atoms with E-state index in [0.717, 1.165) is 10.1 Å². The van der Waals surface area contributed by atoms with Gasteiger partial charge in [0.2, 0.25) is 6.79 Å². The first kappa shape index (κ1) is 19.6. The fourth-order valence-electron chi connectivity index (χ4n) is 3.53. The molecule has 9 nitrogen and oxygen atoms in total. The van der Waals surface area contributed by atoms with Crippen LogP contribution in [0.15, 0.2) is 64.3 Å². The van der Waals surface area contributed by atoms with Crippen molar-refractivity contribution in [3.63, 3.8) is 0 Å². The minimum atomic E-state index is -0.529. The number of carbonyl (C=O) groups is 1. The van der Waals surface area contributed by atoms with Gasteiger partial charge in [0.25, 0.3) is 11.5 Å². The predicted molar refractivity (Wildman–Crippen MR) is 118 cm³/mol. The highest BCUT2D eigenvalue weighted by atomic mass is 16.7. The summed E-state index contributed by atoms with van der Waals surface area (Å²) < 4.78 is 13.0. The second-order valence-electron chi connectivity index (χ2n) is 7.44. The maximum absolute atomic E-state index is 12.8. The van der Waals surface area contributed by atoms with Gasteiger partial charge in [-0.3, -0.25) is 14.2 Å². The van der Waals surface area contributed by atoms with Crippen molar-refractivity contribution in [3.05, 3.63) is 86.7 Å². The number of nitrogens with one attached hydrogen (secondary N) is 1. The van der Waals surface area contributed by atoms with E-state index in [-0.39, 0.29) is 23.4 Å². The molecular formula is C23H18N4O5. The summed E-state index contributed by atoms with van der Waals surface area (Å²) in [5, 5.41) is 2.92. The molecule has 0 radical (unpaired) electrons. The zero-order valence-electron chi connectivity index (χ0n) is 17.3. The molecule has 1 aliphatic heterocycles. The summed E-state index contributed by atoms with van der Waals surface area (Å²) in [4.78, 5) is 42.7. The normalized spacial score (nSPS) is 12.2. The zero-order chi connectivity index (χ0) is 22.4. The molecule has 0 spiro atoms. The molecule has 1 N–H and O–H groups in total. The van der Waals surface area contributed by atoms with Crippen molar-refractivity contribution in [2.24, 2.45) is 7.05 Å². The Morgan fingerprint density at radius 1 is 1.03 bits per heavy atom. The second kappa shape index (κ2) is 7.38. The highest BCUT2D eigenvalue weighted by Crippen LogP contribution is 2.34. The second-order valence-corrected chi connectivity index (χ2v) is 7.44. The van der Waals surface area contributed by atoms with E-state index in [1.807, 2.05) is 19.1 Å². The Kier molecular flexibility index (Phi) is 4.51. The number of hydrogen-bond acceptors (Lipinski definition) is 6. The largest absolute Gasteiger partial charge is 0.454 e. The van der Waals surface area contributed by atoms with E-state index in [2.05, 4.69) is 10.3 Å². The molecule has 160 valence electrons. The monoisotopic (exact) mass is 430 g/mol. The molecule has 32 heavy (non-hydrogen) atoms. The van der Waals surface area contributed by atoms with Crippen LogP contribution < -0.4 is 26.0 Å². The molecule has 5 rings (SSSR count). The van der Waals surface area contributed by atoms with Crippen LogP contribution in [0.2, 0.25) is 0 Å². The topological polar surface area (TPSA) is 104 Å². The van der Waals surface area contributed by atoms with Crippen molar-refractivity contribution in [1.29, 1.82) is 0 Å². The predicted octanol–water partition coefficient (Wildman–Crippen LogP) is 2.37. The summed E-state index contributed by atoms with van der Waals surface area (Å²) in [6.07, 6.45) is 1.34. The first-order valence-electron chi connectivity index (χ1n) is 9.82. The number of ether oxygens (including phenoxy) is 2. The molecule has 0 bridgehead atoms. The maximum Gasteiger partial charge on any atom is 0.337 e. The molecule has 0 saturated heterocycles. The van der Waals surface area contributed by atoms with Crippen LogP contribution in [0.3, 0.4) is 0 Å². The number of hydrogen-bond donors (Lipinski definition) is 1. The molecule has 0 unspecified atom stereocenters. The first-order chi connectivity index (χ1) is 15.4. The van der Waals surface area contributed by atoms with E-state index < -0.39 is 17.2 Å². The number of fused-ring (bicyclic) bond motifs is 2. The van der Waals surface area contributed by atoms with Crippen molar-refractivity contribution in [1.82, 2.24) is 14.1 Å². The van der Waals surface area contributed by atoms with Gasteiger partial charge >= 0.3 is 5.69 Å². The summed E-state index contributed by atoms with van der Waals surface area (Å²) in [5.74, 6) is 0.691. The van der Waals surface area contributed by atoms with Crippen molar-refractivity contribution in [3.8, 4) is 17.2 Å². The summed E-state index contributed by atoms with van der Waals surface area (Å²) >= 11 is 0. The summed E-state index contributed by atoms with van der Waals surface area (Å²) in [5.41, 5.74) is 1.44. The number of rotatable bonds is 3. The average Bonchev–Trinajstić information content (AvgIpc) is 3.26. The first-order valence-corrected chi connectivity index (χ1v) is 9.82. The van der Waals surface area contributed by atoms with Gasteiger partial charge < -0.3 is 14.8 Å². The lowest BCUT2D eigenvalue weighted by Gasteiger charge is -2.12. The number of amides is 1. The van der Waals surface area contributed by atoms with Crippen molar-refractivity contribution < 1.29 is 14.3 Å². The van der Waals surface area contributed by atoms with Crippen LogP contribution in [-0.2, 0) is 7.05 Å². The average molecular weight is 430 g/mol. The molecule has 1 amide bonds. The van der Waals surface area contributed by atoms with Gasteiger partial charge in [-0.15, -0.1) is 0 Å². The van der Waals surface area contributed by atoms with Gasteiger partial charge in [-0.2, -0.15) is 0 Å². The van der Waals surface area contributed by atoms with Gasteiger partial charge in [0.15, 0.2) is 17.1 Å². The third-order valence-electron chi connectivity index (χ3n) is 5.28. The van der Waals surface area contributed by atoms with E-state index >= 15 is 0 Å². The number of nitrogens with zero attached hydrogens (tertiary/aromatic N) is 3. The van der Waals surface area contributed by atoms with Crippen LogP contribution >= 0.6 is 0 Å². The van der Waals surface area contributed by atoms with Crippen LogP contribution in [0.25, 0.3) is 16.7 Å². The Hall–Kier alpha value is -4.40. The highest BCUT2D eigenvalue weighted by Gasteiger charge is 2.18. The summed E-state index contributed by atoms with van der Waals surface area (Å²) in [7, 11) is 1.40. The van der Waals surface area contributed by atoms with Crippen LogP contribution in [0, 0.1) is 6.92 Å². The molecule has 0 aliphatic carbocycles. The molecule has 2 aromatic heterocycles. The van der Waals surface area contributed by atoms with Gasteiger partial charge in [0.1, 0.15) is 0 Å². The molecule has 0 saturated carbocycles. The lowest BCUT2D eigenvalue weighted by molar-refractivity contribution is 0.102. The van der Waals surface area contributed by atoms with Crippen LogP contribution in [-0.4, -0.2) is 26.8 Å². The summed E-state index contributed by atoms with van der Waals surface area (Å²) in [6.45, 7) is 2.07. The number of anilines is 1. The van der Waals surface area contributed by atoms with Gasteiger partial charge in [-0.25, -0.2) is 14.3 Å². The van der Waals surface area contributed by atoms with Crippen LogP contribution in [0.1, 0.15) is 15.9 Å². The Morgan fingerprint density at radius 2 is 1.78 bits per heavy atom. The molecule has 0 fully saturated rings. The van der Waals surface area contributed by atoms with Crippen molar-refractivity contribution >= 4 is 22.6 Å².